The van der Waals surface area contributed by atoms with Gasteiger partial charge in [0, 0.05) is 36.1 Å². The minimum Gasteiger partial charge on any atom is -0.456 e. The summed E-state index contributed by atoms with van der Waals surface area (Å²) in [7, 11) is -1.43. The van der Waals surface area contributed by atoms with Crippen molar-refractivity contribution in [1.29, 1.82) is 0 Å². The molecule has 0 unspecified atom stereocenters. The molecular formula is C36H24BBrCl2O4. The number of para-hydroxylation sites is 2. The number of fused-ring (bicyclic) bond motifs is 6. The normalized spacial score (nSPS) is 10.8. The highest BCUT2D eigenvalue weighted by Crippen LogP contribution is 2.37. The van der Waals surface area contributed by atoms with Gasteiger partial charge in [-0.05, 0) is 71.2 Å². The lowest BCUT2D eigenvalue weighted by atomic mass is 9.81. The van der Waals surface area contributed by atoms with Crippen molar-refractivity contribution in [2.45, 2.75) is 0 Å². The molecule has 6 aromatic carbocycles. The van der Waals surface area contributed by atoms with Gasteiger partial charge in [0.25, 0.3) is 0 Å². The van der Waals surface area contributed by atoms with Gasteiger partial charge in [-0.3, -0.25) is 0 Å². The van der Waals surface area contributed by atoms with E-state index < -0.39 is 7.12 Å². The molecule has 0 atom stereocenters. The molecule has 44 heavy (non-hydrogen) atoms. The Morgan fingerprint density at radius 2 is 1.05 bits per heavy atom. The molecule has 8 rings (SSSR count). The molecule has 0 fully saturated rings. The number of benzene rings is 6. The van der Waals surface area contributed by atoms with Crippen LogP contribution in [0.2, 0.25) is 10.0 Å². The number of halogens is 3. The molecule has 8 heteroatoms. The smallest absolute Gasteiger partial charge is 0.456 e. The Bertz CT molecular complexity index is 2220. The molecule has 0 aliphatic rings. The molecule has 0 bridgehead atoms. The van der Waals surface area contributed by atoms with E-state index in [2.05, 4.69) is 40.2 Å². The second-order valence-corrected chi connectivity index (χ2v) is 11.7. The lowest BCUT2D eigenvalue weighted by molar-refractivity contribution is 0.426. The van der Waals surface area contributed by atoms with Gasteiger partial charge < -0.3 is 18.9 Å². The Hall–Kier alpha value is -4.04. The molecular weight excluding hydrogens is 658 g/mol. The highest BCUT2D eigenvalue weighted by Gasteiger charge is 2.12. The average molecular weight is 682 g/mol. The standard InChI is InChI=1S/C18H11ClO.C12H7BrO.C6H6BClO2/c19-13-6-3-5-12(11-13)14-8-4-10-17-18(14)15-7-1-2-9-16(15)20-17;13-9-5-3-7-11-12(9)8-4-1-2-6-10(8)14-11;8-6-3-1-2-5(4-6)7(9)10/h1-11H;1-7H;1-4,9-10H. The average Bonchev–Trinajstić information content (AvgIpc) is 3.61. The molecule has 0 aliphatic heterocycles. The molecule has 0 saturated carbocycles. The van der Waals surface area contributed by atoms with Crippen LogP contribution in [-0.4, -0.2) is 17.2 Å². The van der Waals surface area contributed by atoms with Crippen LogP contribution in [0.4, 0.5) is 0 Å². The summed E-state index contributed by atoms with van der Waals surface area (Å²) in [6.07, 6.45) is 0. The van der Waals surface area contributed by atoms with E-state index in [-0.39, 0.29) is 0 Å². The van der Waals surface area contributed by atoms with Crippen LogP contribution in [0.5, 0.6) is 0 Å². The van der Waals surface area contributed by atoms with Crippen LogP contribution in [0.15, 0.2) is 147 Å². The maximum absolute atomic E-state index is 8.65. The molecule has 216 valence electrons. The third kappa shape index (κ3) is 6.41. The summed E-state index contributed by atoms with van der Waals surface area (Å²) >= 11 is 15.2. The summed E-state index contributed by atoms with van der Waals surface area (Å²) in [6.45, 7) is 0. The Kier molecular flexibility index (Phi) is 9.08. The van der Waals surface area contributed by atoms with E-state index in [0.29, 0.717) is 10.5 Å². The zero-order chi connectivity index (χ0) is 30.6. The van der Waals surface area contributed by atoms with Crippen LogP contribution in [0, 0.1) is 0 Å². The molecule has 0 spiro atoms. The van der Waals surface area contributed by atoms with Gasteiger partial charge in [-0.1, -0.05) is 118 Å². The van der Waals surface area contributed by atoms with Gasteiger partial charge in [-0.15, -0.1) is 0 Å². The molecule has 0 radical (unpaired) electrons. The van der Waals surface area contributed by atoms with Gasteiger partial charge in [0.1, 0.15) is 22.3 Å². The van der Waals surface area contributed by atoms with Gasteiger partial charge in [0.15, 0.2) is 0 Å². The summed E-state index contributed by atoms with van der Waals surface area (Å²) in [6, 6.07) is 42.7. The van der Waals surface area contributed by atoms with Gasteiger partial charge in [0.05, 0.1) is 0 Å². The minimum atomic E-state index is -1.43. The van der Waals surface area contributed by atoms with E-state index >= 15 is 0 Å². The van der Waals surface area contributed by atoms with E-state index in [1.165, 1.54) is 6.07 Å². The summed E-state index contributed by atoms with van der Waals surface area (Å²) in [4.78, 5) is 0. The first-order valence-electron chi connectivity index (χ1n) is 13.7. The Morgan fingerprint density at radius 1 is 0.523 bits per heavy atom. The number of rotatable bonds is 2. The monoisotopic (exact) mass is 680 g/mol. The van der Waals surface area contributed by atoms with Gasteiger partial charge in [0.2, 0.25) is 0 Å². The second kappa shape index (κ2) is 13.3. The van der Waals surface area contributed by atoms with Gasteiger partial charge in [-0.25, -0.2) is 0 Å². The third-order valence-corrected chi connectivity index (χ3v) is 8.17. The third-order valence-electron chi connectivity index (χ3n) is 7.04. The molecule has 2 heterocycles. The lowest BCUT2D eigenvalue weighted by Gasteiger charge is -2.04. The Balaban J connectivity index is 0.000000125. The topological polar surface area (TPSA) is 66.7 Å². The number of furan rings is 2. The maximum Gasteiger partial charge on any atom is 0.488 e. The van der Waals surface area contributed by atoms with Crippen LogP contribution in [0.3, 0.4) is 0 Å². The summed E-state index contributed by atoms with van der Waals surface area (Å²) in [5.74, 6) is 0. The highest BCUT2D eigenvalue weighted by molar-refractivity contribution is 9.10. The molecule has 2 N–H and O–H groups in total. The van der Waals surface area contributed by atoms with Crippen molar-refractivity contribution < 1.29 is 18.9 Å². The first-order chi connectivity index (χ1) is 21.4. The number of hydrogen-bond acceptors (Lipinski definition) is 4. The predicted octanol–water partition coefficient (Wildman–Crippen LogP) is 10.3. The fraction of sp³-hybridized carbons (Fsp3) is 0. The maximum atomic E-state index is 8.65. The first kappa shape index (κ1) is 30.0. The SMILES string of the molecule is Brc1cccc2oc3ccccc3c12.Clc1cccc(-c2cccc3oc4ccccc4c23)c1.OB(O)c1cccc(Cl)c1. The van der Waals surface area contributed by atoms with Crippen LogP contribution in [0.1, 0.15) is 0 Å². The van der Waals surface area contributed by atoms with E-state index in [0.717, 1.165) is 64.5 Å². The summed E-state index contributed by atoms with van der Waals surface area (Å²) in [5, 5.41) is 23.1. The second-order valence-electron chi connectivity index (χ2n) is 9.93. The fourth-order valence-electron chi connectivity index (χ4n) is 5.07. The van der Waals surface area contributed by atoms with Gasteiger partial charge >= 0.3 is 7.12 Å². The van der Waals surface area contributed by atoms with Crippen LogP contribution in [-0.2, 0) is 0 Å². The van der Waals surface area contributed by atoms with E-state index in [4.69, 9.17) is 42.1 Å². The molecule has 0 aliphatic carbocycles. The van der Waals surface area contributed by atoms with Crippen molar-refractivity contribution in [2.24, 2.45) is 0 Å². The van der Waals surface area contributed by atoms with Crippen molar-refractivity contribution in [3.63, 3.8) is 0 Å². The van der Waals surface area contributed by atoms with Crippen molar-refractivity contribution in [2.75, 3.05) is 0 Å². The van der Waals surface area contributed by atoms with Crippen LogP contribution in [0.25, 0.3) is 55.0 Å². The quantitative estimate of drug-likeness (QED) is 0.178. The summed E-state index contributed by atoms with van der Waals surface area (Å²) < 4.78 is 12.7. The zero-order valence-electron chi connectivity index (χ0n) is 23.1. The van der Waals surface area contributed by atoms with Crippen LogP contribution < -0.4 is 5.46 Å². The van der Waals surface area contributed by atoms with Crippen molar-refractivity contribution in [1.82, 2.24) is 0 Å². The largest absolute Gasteiger partial charge is 0.488 e. The molecule has 2 aromatic heterocycles. The van der Waals surface area contributed by atoms with Gasteiger partial charge in [-0.2, -0.15) is 0 Å². The van der Waals surface area contributed by atoms with Crippen molar-refractivity contribution in [3.8, 4) is 11.1 Å². The van der Waals surface area contributed by atoms with E-state index in [1.807, 2.05) is 84.9 Å². The Morgan fingerprint density at radius 3 is 1.66 bits per heavy atom. The summed E-state index contributed by atoms with van der Waals surface area (Å²) in [5.41, 5.74) is 6.35. The fourth-order valence-corrected chi connectivity index (χ4v) is 6.02. The number of hydrogen-bond donors (Lipinski definition) is 2. The Labute approximate surface area is 272 Å². The highest BCUT2D eigenvalue weighted by atomic mass is 79.9. The van der Waals surface area contributed by atoms with Crippen molar-refractivity contribution in [3.05, 3.63) is 148 Å². The molecule has 0 saturated heterocycles. The van der Waals surface area contributed by atoms with Crippen LogP contribution >= 0.6 is 39.1 Å². The lowest BCUT2D eigenvalue weighted by Crippen LogP contribution is -2.29. The molecule has 0 amide bonds. The zero-order valence-corrected chi connectivity index (χ0v) is 26.2. The minimum absolute atomic E-state index is 0.410. The van der Waals surface area contributed by atoms with Crippen molar-refractivity contribution >= 4 is 95.6 Å². The molecule has 4 nitrogen and oxygen atoms in total. The van der Waals surface area contributed by atoms with E-state index in [1.54, 1.807) is 18.2 Å². The van der Waals surface area contributed by atoms with E-state index in [9.17, 15) is 0 Å². The first-order valence-corrected chi connectivity index (χ1v) is 15.3. The molecule has 8 aromatic rings. The predicted molar refractivity (Wildman–Crippen MR) is 187 cm³/mol.